The Bertz CT molecular complexity index is 313. The SMILES string of the molecule is N#Cc1cccc(B(O)OF)c1. The lowest BCUT2D eigenvalue weighted by Gasteiger charge is -1.99. The van der Waals surface area contributed by atoms with Gasteiger partial charge in [0.2, 0.25) is 0 Å². The van der Waals surface area contributed by atoms with Crippen LogP contribution in [-0.2, 0) is 4.86 Å². The summed E-state index contributed by atoms with van der Waals surface area (Å²) in [6, 6.07) is 7.76. The minimum atomic E-state index is -1.61. The van der Waals surface area contributed by atoms with Crippen LogP contribution < -0.4 is 5.46 Å². The van der Waals surface area contributed by atoms with Crippen LogP contribution in [0, 0.1) is 11.3 Å². The van der Waals surface area contributed by atoms with Crippen molar-refractivity contribution in [2.45, 2.75) is 0 Å². The number of rotatable bonds is 2. The summed E-state index contributed by atoms with van der Waals surface area (Å²) in [5, 5.41) is 17.3. The highest BCUT2D eigenvalue weighted by molar-refractivity contribution is 6.59. The van der Waals surface area contributed by atoms with Crippen molar-refractivity contribution in [3.05, 3.63) is 29.8 Å². The molecule has 1 aromatic rings. The van der Waals surface area contributed by atoms with Crippen LogP contribution in [0.25, 0.3) is 0 Å². The van der Waals surface area contributed by atoms with Crippen LogP contribution in [0.1, 0.15) is 5.56 Å². The van der Waals surface area contributed by atoms with E-state index >= 15 is 0 Å². The highest BCUT2D eigenvalue weighted by Gasteiger charge is 2.17. The van der Waals surface area contributed by atoms with Gasteiger partial charge in [-0.25, -0.2) is 4.86 Å². The third-order valence-electron chi connectivity index (χ3n) is 1.39. The largest absolute Gasteiger partial charge is 0.529 e. The lowest BCUT2D eigenvalue weighted by atomic mass is 9.79. The second-order valence-corrected chi connectivity index (χ2v) is 2.18. The number of hydrogen-bond acceptors (Lipinski definition) is 3. The van der Waals surface area contributed by atoms with E-state index in [0.29, 0.717) is 5.56 Å². The topological polar surface area (TPSA) is 53.2 Å². The van der Waals surface area contributed by atoms with Gasteiger partial charge in [-0.3, -0.25) is 0 Å². The average molecular weight is 165 g/mol. The number of benzene rings is 1. The molecule has 0 heterocycles. The third-order valence-corrected chi connectivity index (χ3v) is 1.39. The number of nitriles is 1. The van der Waals surface area contributed by atoms with Gasteiger partial charge in [-0.1, -0.05) is 16.7 Å². The molecule has 0 fully saturated rings. The van der Waals surface area contributed by atoms with Crippen LogP contribution in [0.4, 0.5) is 4.53 Å². The van der Waals surface area contributed by atoms with Gasteiger partial charge in [0.25, 0.3) is 0 Å². The maximum absolute atomic E-state index is 11.5. The predicted molar refractivity (Wildman–Crippen MR) is 41.0 cm³/mol. The molecule has 0 unspecified atom stereocenters. The van der Waals surface area contributed by atoms with Crippen molar-refractivity contribution in [1.82, 2.24) is 0 Å². The Balaban J connectivity index is 2.95. The Kier molecular flexibility index (Phi) is 2.80. The lowest BCUT2D eigenvalue weighted by Crippen LogP contribution is -2.31. The monoisotopic (exact) mass is 165 g/mol. The molecule has 0 aliphatic rings. The first-order valence-electron chi connectivity index (χ1n) is 3.23. The van der Waals surface area contributed by atoms with E-state index in [1.54, 1.807) is 6.07 Å². The molecule has 0 saturated heterocycles. The van der Waals surface area contributed by atoms with E-state index in [9.17, 15) is 4.53 Å². The fourth-order valence-electron chi connectivity index (χ4n) is 0.813. The zero-order valence-corrected chi connectivity index (χ0v) is 6.07. The second kappa shape index (κ2) is 3.86. The minimum absolute atomic E-state index is 0.219. The molecule has 1 rings (SSSR count). The maximum Gasteiger partial charge on any atom is 0.529 e. The summed E-state index contributed by atoms with van der Waals surface area (Å²) in [4.78, 5) is 3.18. The molecule has 0 aromatic heterocycles. The Morgan fingerprint density at radius 3 is 2.92 bits per heavy atom. The molecule has 5 heteroatoms. The minimum Gasteiger partial charge on any atom is -0.421 e. The van der Waals surface area contributed by atoms with Crippen LogP contribution in [0.2, 0.25) is 0 Å². The van der Waals surface area contributed by atoms with Crippen molar-refractivity contribution in [2.75, 3.05) is 0 Å². The molecule has 0 aliphatic heterocycles. The molecular formula is C7H5BFNO2. The van der Waals surface area contributed by atoms with E-state index in [1.165, 1.54) is 18.2 Å². The third kappa shape index (κ3) is 1.81. The lowest BCUT2D eigenvalue weighted by molar-refractivity contribution is -0.0267. The Morgan fingerprint density at radius 1 is 1.58 bits per heavy atom. The summed E-state index contributed by atoms with van der Waals surface area (Å²) >= 11 is 0. The molecular weight excluding hydrogens is 160 g/mol. The van der Waals surface area contributed by atoms with E-state index < -0.39 is 7.12 Å². The van der Waals surface area contributed by atoms with Gasteiger partial charge in [-0.2, -0.15) is 5.26 Å². The summed E-state index contributed by atoms with van der Waals surface area (Å²) < 4.78 is 11.5. The fourth-order valence-corrected chi connectivity index (χ4v) is 0.813. The quantitative estimate of drug-likeness (QED) is 0.634. The van der Waals surface area contributed by atoms with Gasteiger partial charge in [0, 0.05) is 0 Å². The normalized spacial score (nSPS) is 9.08. The van der Waals surface area contributed by atoms with Crippen LogP contribution in [-0.4, -0.2) is 12.1 Å². The van der Waals surface area contributed by atoms with Gasteiger partial charge < -0.3 is 5.02 Å². The second-order valence-electron chi connectivity index (χ2n) is 2.18. The Morgan fingerprint density at radius 2 is 2.33 bits per heavy atom. The fraction of sp³-hybridized carbons (Fsp3) is 0. The van der Waals surface area contributed by atoms with Crippen molar-refractivity contribution in [1.29, 1.82) is 5.26 Å². The van der Waals surface area contributed by atoms with Crippen LogP contribution in [0.3, 0.4) is 0 Å². The molecule has 0 atom stereocenters. The van der Waals surface area contributed by atoms with E-state index in [-0.39, 0.29) is 5.46 Å². The van der Waals surface area contributed by atoms with Gasteiger partial charge in [0.05, 0.1) is 11.6 Å². The smallest absolute Gasteiger partial charge is 0.421 e. The van der Waals surface area contributed by atoms with Gasteiger partial charge in [-0.05, 0) is 17.6 Å². The number of nitrogens with zero attached hydrogens (tertiary/aromatic N) is 1. The molecule has 0 amide bonds. The van der Waals surface area contributed by atoms with Crippen LogP contribution in [0.15, 0.2) is 24.3 Å². The standard InChI is InChI=1S/C7H5BFNO2/c9-12-8(11)7-3-1-2-6(4-7)5-10/h1-4,11H. The highest BCUT2D eigenvalue weighted by Crippen LogP contribution is 1.95. The first-order chi connectivity index (χ1) is 5.77. The first kappa shape index (κ1) is 8.72. The molecule has 1 aromatic carbocycles. The summed E-state index contributed by atoms with van der Waals surface area (Å²) in [6.07, 6.45) is 0. The molecule has 0 aliphatic carbocycles. The number of hydrogen-bond donors (Lipinski definition) is 1. The molecule has 3 nitrogen and oxygen atoms in total. The van der Waals surface area contributed by atoms with Gasteiger partial charge in [-0.15, -0.1) is 0 Å². The van der Waals surface area contributed by atoms with Gasteiger partial charge in [0.1, 0.15) is 0 Å². The van der Waals surface area contributed by atoms with Gasteiger partial charge in [0.15, 0.2) is 0 Å². The summed E-state index contributed by atoms with van der Waals surface area (Å²) in [7, 11) is -1.61. The van der Waals surface area contributed by atoms with Crippen LogP contribution >= 0.6 is 0 Å². The van der Waals surface area contributed by atoms with Crippen molar-refractivity contribution in [3.63, 3.8) is 0 Å². The van der Waals surface area contributed by atoms with Crippen molar-refractivity contribution < 1.29 is 14.4 Å². The van der Waals surface area contributed by atoms with Crippen LogP contribution in [0.5, 0.6) is 0 Å². The van der Waals surface area contributed by atoms with E-state index in [1.807, 2.05) is 6.07 Å². The molecule has 60 valence electrons. The van der Waals surface area contributed by atoms with E-state index in [0.717, 1.165) is 0 Å². The molecule has 1 N–H and O–H groups in total. The average Bonchev–Trinajstić information content (AvgIpc) is 2.17. The van der Waals surface area contributed by atoms with E-state index in [4.69, 9.17) is 10.3 Å². The molecule has 0 radical (unpaired) electrons. The summed E-state index contributed by atoms with van der Waals surface area (Å²) in [5.74, 6) is 0. The van der Waals surface area contributed by atoms with Crippen molar-refractivity contribution in [2.24, 2.45) is 0 Å². The molecule has 12 heavy (non-hydrogen) atoms. The zero-order valence-electron chi connectivity index (χ0n) is 6.07. The summed E-state index contributed by atoms with van der Waals surface area (Å²) in [5.41, 5.74) is 0.570. The summed E-state index contributed by atoms with van der Waals surface area (Å²) in [6.45, 7) is 0. The molecule has 0 saturated carbocycles. The Hall–Kier alpha value is -1.38. The van der Waals surface area contributed by atoms with Gasteiger partial charge >= 0.3 is 7.12 Å². The maximum atomic E-state index is 11.5. The predicted octanol–water partition coefficient (Wildman–Crippen LogP) is 0.147. The Labute approximate surface area is 69.1 Å². The highest BCUT2D eigenvalue weighted by atomic mass is 19.3. The first-order valence-corrected chi connectivity index (χ1v) is 3.23. The zero-order chi connectivity index (χ0) is 8.97. The van der Waals surface area contributed by atoms with Crippen molar-refractivity contribution >= 4 is 12.6 Å². The molecule has 0 spiro atoms. The number of halogens is 1. The van der Waals surface area contributed by atoms with Crippen molar-refractivity contribution in [3.8, 4) is 6.07 Å². The molecule has 0 bridgehead atoms. The van der Waals surface area contributed by atoms with E-state index in [2.05, 4.69) is 4.86 Å².